The third kappa shape index (κ3) is 3.45. The van der Waals surface area contributed by atoms with Gasteiger partial charge >= 0.3 is 0 Å². The van der Waals surface area contributed by atoms with Crippen LogP contribution in [0.4, 0.5) is 0 Å². The van der Waals surface area contributed by atoms with Gasteiger partial charge in [0.2, 0.25) is 0 Å². The van der Waals surface area contributed by atoms with Crippen molar-refractivity contribution in [3.05, 3.63) is 29.1 Å². The lowest BCUT2D eigenvalue weighted by atomic mass is 9.93. The maximum Gasteiger partial charge on any atom is 0.0596 e. The summed E-state index contributed by atoms with van der Waals surface area (Å²) in [6.45, 7) is 2.06. The molecule has 1 aromatic heterocycles. The van der Waals surface area contributed by atoms with Gasteiger partial charge in [0.15, 0.2) is 0 Å². The second-order valence-electron chi connectivity index (χ2n) is 5.40. The summed E-state index contributed by atoms with van der Waals surface area (Å²) in [5, 5.41) is 7.87. The molecule has 0 saturated carbocycles. The van der Waals surface area contributed by atoms with Gasteiger partial charge in [-0.2, -0.15) is 5.10 Å². The van der Waals surface area contributed by atoms with Crippen molar-refractivity contribution in [2.75, 3.05) is 7.05 Å². The lowest BCUT2D eigenvalue weighted by molar-refractivity contribution is 0.515. The minimum Gasteiger partial charge on any atom is -0.316 e. The molecule has 100 valence electrons. The van der Waals surface area contributed by atoms with Gasteiger partial charge in [-0.15, -0.1) is 0 Å². The highest BCUT2D eigenvalue weighted by molar-refractivity contribution is 5.13. The van der Waals surface area contributed by atoms with E-state index in [9.17, 15) is 0 Å². The SMILES string of the molecule is CNC(CC1=CCCCC1)Cc1cc(C)nn1C. The summed E-state index contributed by atoms with van der Waals surface area (Å²) in [7, 11) is 4.10. The Morgan fingerprint density at radius 3 is 2.78 bits per heavy atom. The largest absolute Gasteiger partial charge is 0.316 e. The Morgan fingerprint density at radius 1 is 1.39 bits per heavy atom. The van der Waals surface area contributed by atoms with Crippen molar-refractivity contribution >= 4 is 0 Å². The zero-order chi connectivity index (χ0) is 13.0. The van der Waals surface area contributed by atoms with Crippen LogP contribution < -0.4 is 5.32 Å². The van der Waals surface area contributed by atoms with Crippen LogP contribution in [0.15, 0.2) is 17.7 Å². The third-order valence-corrected chi connectivity index (χ3v) is 3.86. The second kappa shape index (κ2) is 6.19. The van der Waals surface area contributed by atoms with Crippen molar-refractivity contribution < 1.29 is 0 Å². The molecule has 18 heavy (non-hydrogen) atoms. The topological polar surface area (TPSA) is 29.9 Å². The number of hydrogen-bond acceptors (Lipinski definition) is 2. The third-order valence-electron chi connectivity index (χ3n) is 3.86. The van der Waals surface area contributed by atoms with Crippen LogP contribution in [0, 0.1) is 6.92 Å². The molecular formula is C15H25N3. The number of rotatable bonds is 5. The molecule has 1 heterocycles. The summed E-state index contributed by atoms with van der Waals surface area (Å²) >= 11 is 0. The predicted molar refractivity (Wildman–Crippen MR) is 75.7 cm³/mol. The van der Waals surface area contributed by atoms with E-state index in [1.54, 1.807) is 5.57 Å². The smallest absolute Gasteiger partial charge is 0.0596 e. The van der Waals surface area contributed by atoms with Crippen molar-refractivity contribution in [2.24, 2.45) is 7.05 Å². The second-order valence-corrected chi connectivity index (χ2v) is 5.40. The predicted octanol–water partition coefficient (Wildman–Crippen LogP) is 2.75. The first kappa shape index (κ1) is 13.3. The summed E-state index contributed by atoms with van der Waals surface area (Å²) in [5.41, 5.74) is 4.07. The highest BCUT2D eigenvalue weighted by atomic mass is 15.3. The van der Waals surface area contributed by atoms with E-state index in [0.717, 1.165) is 12.1 Å². The van der Waals surface area contributed by atoms with Crippen LogP contribution in [0.5, 0.6) is 0 Å². The molecule has 0 bridgehead atoms. The van der Waals surface area contributed by atoms with Crippen LogP contribution in [-0.2, 0) is 13.5 Å². The lowest BCUT2D eigenvalue weighted by Gasteiger charge is -2.20. The molecule has 1 aliphatic rings. The van der Waals surface area contributed by atoms with Crippen molar-refractivity contribution in [2.45, 2.75) is 51.5 Å². The first-order chi connectivity index (χ1) is 8.69. The van der Waals surface area contributed by atoms with E-state index in [2.05, 4.69) is 36.5 Å². The molecule has 3 heteroatoms. The minimum absolute atomic E-state index is 0.532. The van der Waals surface area contributed by atoms with Gasteiger partial charge in [0.05, 0.1) is 5.69 Å². The summed E-state index contributed by atoms with van der Waals surface area (Å²) in [6, 6.07) is 2.73. The fourth-order valence-corrected chi connectivity index (χ4v) is 2.79. The van der Waals surface area contributed by atoms with Crippen LogP contribution in [0.3, 0.4) is 0 Å². The van der Waals surface area contributed by atoms with Crippen molar-refractivity contribution in [1.29, 1.82) is 0 Å². The van der Waals surface area contributed by atoms with E-state index in [-0.39, 0.29) is 0 Å². The summed E-state index contributed by atoms with van der Waals surface area (Å²) in [5.74, 6) is 0. The van der Waals surface area contributed by atoms with Crippen molar-refractivity contribution in [3.8, 4) is 0 Å². The number of likely N-dealkylation sites (N-methyl/N-ethyl adjacent to an activating group) is 1. The molecule has 0 aromatic carbocycles. The number of hydrogen-bond donors (Lipinski definition) is 1. The van der Waals surface area contributed by atoms with Crippen LogP contribution in [0.1, 0.15) is 43.5 Å². The Morgan fingerprint density at radius 2 is 2.22 bits per heavy atom. The van der Waals surface area contributed by atoms with E-state index < -0.39 is 0 Å². The van der Waals surface area contributed by atoms with Crippen molar-refractivity contribution in [1.82, 2.24) is 15.1 Å². The Labute approximate surface area is 110 Å². The first-order valence-electron chi connectivity index (χ1n) is 7.03. The maximum atomic E-state index is 4.42. The summed E-state index contributed by atoms with van der Waals surface area (Å²) in [4.78, 5) is 0. The number of nitrogens with zero attached hydrogens (tertiary/aromatic N) is 2. The van der Waals surface area contributed by atoms with E-state index >= 15 is 0 Å². The average Bonchev–Trinajstić information content (AvgIpc) is 2.68. The molecule has 0 saturated heterocycles. The summed E-state index contributed by atoms with van der Waals surface area (Å²) in [6.07, 6.45) is 10.00. The Balaban J connectivity index is 1.96. The molecule has 0 amide bonds. The maximum absolute atomic E-state index is 4.42. The van der Waals surface area contributed by atoms with Gasteiger partial charge in [0.25, 0.3) is 0 Å². The average molecular weight is 247 g/mol. The molecular weight excluding hydrogens is 222 g/mol. The Bertz CT molecular complexity index is 417. The van der Waals surface area contributed by atoms with Gasteiger partial charge in [-0.1, -0.05) is 11.6 Å². The molecule has 1 atom stereocenters. The zero-order valence-electron chi connectivity index (χ0n) is 11.9. The fourth-order valence-electron chi connectivity index (χ4n) is 2.79. The molecule has 1 unspecified atom stereocenters. The van der Waals surface area contributed by atoms with Gasteiger partial charge < -0.3 is 5.32 Å². The highest BCUT2D eigenvalue weighted by Gasteiger charge is 2.14. The first-order valence-corrected chi connectivity index (χ1v) is 7.03. The van der Waals surface area contributed by atoms with Gasteiger partial charge in [-0.25, -0.2) is 0 Å². The van der Waals surface area contributed by atoms with E-state index in [1.807, 2.05) is 11.7 Å². The zero-order valence-corrected chi connectivity index (χ0v) is 11.9. The monoisotopic (exact) mass is 247 g/mol. The summed E-state index contributed by atoms with van der Waals surface area (Å²) < 4.78 is 2.01. The Kier molecular flexibility index (Phi) is 4.59. The van der Waals surface area contributed by atoms with Crippen molar-refractivity contribution in [3.63, 3.8) is 0 Å². The van der Waals surface area contributed by atoms with Gasteiger partial charge in [-0.05, 0) is 52.1 Å². The fraction of sp³-hybridized carbons (Fsp3) is 0.667. The van der Waals surface area contributed by atoms with E-state index in [1.165, 1.54) is 37.8 Å². The molecule has 3 nitrogen and oxygen atoms in total. The number of allylic oxidation sites excluding steroid dienone is 1. The molecule has 1 aliphatic carbocycles. The van der Waals surface area contributed by atoms with Crippen LogP contribution >= 0.6 is 0 Å². The molecule has 0 aliphatic heterocycles. The number of nitrogens with one attached hydrogen (secondary N) is 1. The van der Waals surface area contributed by atoms with Crippen LogP contribution in [0.2, 0.25) is 0 Å². The molecule has 1 aromatic rings. The normalized spacial score (nSPS) is 17.6. The van der Waals surface area contributed by atoms with E-state index in [4.69, 9.17) is 0 Å². The molecule has 0 fully saturated rings. The van der Waals surface area contributed by atoms with Crippen LogP contribution in [-0.4, -0.2) is 22.9 Å². The molecule has 2 rings (SSSR count). The number of aryl methyl sites for hydroxylation is 2. The highest BCUT2D eigenvalue weighted by Crippen LogP contribution is 2.22. The molecule has 0 spiro atoms. The minimum atomic E-state index is 0.532. The quantitative estimate of drug-likeness (QED) is 0.811. The van der Waals surface area contributed by atoms with E-state index in [0.29, 0.717) is 6.04 Å². The van der Waals surface area contributed by atoms with Gasteiger partial charge in [0.1, 0.15) is 0 Å². The number of aromatic nitrogens is 2. The van der Waals surface area contributed by atoms with Gasteiger partial charge in [0, 0.05) is 25.2 Å². The molecule has 0 radical (unpaired) electrons. The Hall–Kier alpha value is -1.09. The molecule has 1 N–H and O–H groups in total. The van der Waals surface area contributed by atoms with Crippen LogP contribution in [0.25, 0.3) is 0 Å². The lowest BCUT2D eigenvalue weighted by Crippen LogP contribution is -2.29. The standard InChI is InChI=1S/C15H25N3/c1-12-9-15(18(3)17-12)11-14(16-2)10-13-7-5-4-6-8-13/h7,9,14,16H,4-6,8,10-11H2,1-3H3. The van der Waals surface area contributed by atoms with Gasteiger partial charge in [-0.3, -0.25) is 4.68 Å².